The Kier molecular flexibility index (Phi) is 10.7. The maximum absolute atomic E-state index is 2.39. The van der Waals surface area contributed by atoms with Gasteiger partial charge >= 0.3 is 0 Å². The molecule has 31 heavy (non-hydrogen) atoms. The predicted octanol–water partition coefficient (Wildman–Crippen LogP) is 10.1. The Morgan fingerprint density at radius 3 is 1.65 bits per heavy atom. The van der Waals surface area contributed by atoms with E-state index in [4.69, 9.17) is 0 Å². The summed E-state index contributed by atoms with van der Waals surface area (Å²) < 4.78 is 0. The van der Waals surface area contributed by atoms with Gasteiger partial charge in [-0.05, 0) is 72.6 Å². The van der Waals surface area contributed by atoms with Crippen LogP contribution in [0.15, 0.2) is 48.5 Å². The zero-order valence-corrected chi connectivity index (χ0v) is 20.4. The van der Waals surface area contributed by atoms with E-state index in [9.17, 15) is 0 Å². The molecule has 0 heterocycles. The number of unbranched alkanes of at least 4 members (excludes halogenated alkanes) is 8. The molecule has 0 N–H and O–H groups in total. The molecule has 2 aromatic rings. The SMILES string of the molecule is CCCCCCCCCCCc1ccc(-c2ccc(C3CCC(CC)CC3)cc2)cc1. The van der Waals surface area contributed by atoms with Gasteiger partial charge in [-0.1, -0.05) is 120 Å². The van der Waals surface area contributed by atoms with E-state index in [1.165, 1.54) is 113 Å². The Hall–Kier alpha value is -1.56. The van der Waals surface area contributed by atoms with Gasteiger partial charge in [-0.3, -0.25) is 0 Å². The lowest BCUT2D eigenvalue weighted by atomic mass is 9.77. The van der Waals surface area contributed by atoms with Gasteiger partial charge in [0.05, 0.1) is 0 Å². The van der Waals surface area contributed by atoms with E-state index >= 15 is 0 Å². The fourth-order valence-electron chi connectivity index (χ4n) is 5.36. The molecule has 0 radical (unpaired) electrons. The molecular formula is C31H46. The van der Waals surface area contributed by atoms with Gasteiger partial charge in [-0.15, -0.1) is 0 Å². The number of rotatable bonds is 13. The first kappa shape index (κ1) is 24.1. The van der Waals surface area contributed by atoms with Gasteiger partial charge in [0.1, 0.15) is 0 Å². The van der Waals surface area contributed by atoms with Crippen LogP contribution in [-0.4, -0.2) is 0 Å². The molecule has 1 aliphatic carbocycles. The highest BCUT2D eigenvalue weighted by molar-refractivity contribution is 5.64. The van der Waals surface area contributed by atoms with Gasteiger partial charge in [0.2, 0.25) is 0 Å². The second kappa shape index (κ2) is 13.8. The highest BCUT2D eigenvalue weighted by Gasteiger charge is 2.21. The fraction of sp³-hybridized carbons (Fsp3) is 0.613. The molecular weight excluding hydrogens is 372 g/mol. The minimum Gasteiger partial charge on any atom is -0.0654 e. The van der Waals surface area contributed by atoms with Crippen LogP contribution in [0.2, 0.25) is 0 Å². The molecule has 1 saturated carbocycles. The number of aryl methyl sites for hydroxylation is 1. The summed E-state index contributed by atoms with van der Waals surface area (Å²) in [6.45, 7) is 4.64. The Labute approximate surface area is 192 Å². The largest absolute Gasteiger partial charge is 0.0654 e. The molecule has 0 spiro atoms. The zero-order chi connectivity index (χ0) is 21.7. The van der Waals surface area contributed by atoms with Crippen molar-refractivity contribution < 1.29 is 0 Å². The summed E-state index contributed by atoms with van der Waals surface area (Å²) in [5.41, 5.74) is 5.77. The van der Waals surface area contributed by atoms with Crippen LogP contribution in [0.5, 0.6) is 0 Å². The fourth-order valence-corrected chi connectivity index (χ4v) is 5.36. The third-order valence-corrected chi connectivity index (χ3v) is 7.66. The molecule has 0 saturated heterocycles. The van der Waals surface area contributed by atoms with Crippen LogP contribution < -0.4 is 0 Å². The smallest absolute Gasteiger partial charge is 0.0162 e. The lowest BCUT2D eigenvalue weighted by Crippen LogP contribution is -2.12. The highest BCUT2D eigenvalue weighted by Crippen LogP contribution is 2.37. The predicted molar refractivity (Wildman–Crippen MR) is 138 cm³/mol. The first-order valence-corrected chi connectivity index (χ1v) is 13.5. The lowest BCUT2D eigenvalue weighted by molar-refractivity contribution is 0.319. The minimum absolute atomic E-state index is 0.788. The van der Waals surface area contributed by atoms with Gasteiger partial charge in [-0.25, -0.2) is 0 Å². The molecule has 0 aliphatic heterocycles. The Morgan fingerprint density at radius 1 is 0.581 bits per heavy atom. The average molecular weight is 419 g/mol. The molecule has 0 atom stereocenters. The number of benzene rings is 2. The average Bonchev–Trinajstić information content (AvgIpc) is 2.83. The number of hydrogen-bond donors (Lipinski definition) is 0. The third kappa shape index (κ3) is 8.13. The van der Waals surface area contributed by atoms with Gasteiger partial charge in [-0.2, -0.15) is 0 Å². The molecule has 3 rings (SSSR count). The van der Waals surface area contributed by atoms with E-state index in [0.29, 0.717) is 0 Å². The van der Waals surface area contributed by atoms with Crippen LogP contribution in [-0.2, 0) is 6.42 Å². The van der Waals surface area contributed by atoms with E-state index < -0.39 is 0 Å². The molecule has 0 bridgehead atoms. The van der Waals surface area contributed by atoms with E-state index in [2.05, 4.69) is 62.4 Å². The quantitative estimate of drug-likeness (QED) is 0.284. The molecule has 0 heteroatoms. The lowest BCUT2D eigenvalue weighted by Gasteiger charge is -2.28. The molecule has 0 aromatic heterocycles. The van der Waals surface area contributed by atoms with Crippen LogP contribution in [0, 0.1) is 5.92 Å². The Bertz CT molecular complexity index is 701. The van der Waals surface area contributed by atoms with Crippen molar-refractivity contribution in [1.82, 2.24) is 0 Å². The van der Waals surface area contributed by atoms with Crippen LogP contribution >= 0.6 is 0 Å². The summed E-state index contributed by atoms with van der Waals surface area (Å²) in [5, 5.41) is 0. The summed E-state index contributed by atoms with van der Waals surface area (Å²) in [6.07, 6.45) is 20.8. The molecule has 1 aliphatic rings. The van der Waals surface area contributed by atoms with E-state index in [1.54, 1.807) is 5.56 Å². The number of hydrogen-bond acceptors (Lipinski definition) is 0. The second-order valence-electron chi connectivity index (χ2n) is 10.0. The van der Waals surface area contributed by atoms with Gasteiger partial charge in [0.25, 0.3) is 0 Å². The topological polar surface area (TPSA) is 0 Å². The Morgan fingerprint density at radius 2 is 1.10 bits per heavy atom. The normalized spacial score (nSPS) is 18.9. The van der Waals surface area contributed by atoms with Crippen molar-refractivity contribution in [2.45, 2.75) is 116 Å². The van der Waals surface area contributed by atoms with Crippen molar-refractivity contribution in [3.8, 4) is 11.1 Å². The molecule has 170 valence electrons. The van der Waals surface area contributed by atoms with E-state index in [-0.39, 0.29) is 0 Å². The summed E-state index contributed by atoms with van der Waals surface area (Å²) >= 11 is 0. The molecule has 2 aromatic carbocycles. The first-order valence-electron chi connectivity index (χ1n) is 13.5. The van der Waals surface area contributed by atoms with E-state index in [1.807, 2.05) is 0 Å². The second-order valence-corrected chi connectivity index (χ2v) is 10.0. The minimum atomic E-state index is 0.788. The van der Waals surface area contributed by atoms with Crippen LogP contribution in [0.1, 0.15) is 121 Å². The monoisotopic (exact) mass is 418 g/mol. The van der Waals surface area contributed by atoms with Crippen LogP contribution in [0.25, 0.3) is 11.1 Å². The zero-order valence-electron chi connectivity index (χ0n) is 20.4. The Balaban J connectivity index is 1.38. The molecule has 0 unspecified atom stereocenters. The van der Waals surface area contributed by atoms with Crippen molar-refractivity contribution in [1.29, 1.82) is 0 Å². The van der Waals surface area contributed by atoms with Crippen molar-refractivity contribution in [2.75, 3.05) is 0 Å². The van der Waals surface area contributed by atoms with Crippen molar-refractivity contribution in [3.63, 3.8) is 0 Å². The van der Waals surface area contributed by atoms with Crippen molar-refractivity contribution in [2.24, 2.45) is 5.92 Å². The van der Waals surface area contributed by atoms with E-state index in [0.717, 1.165) is 11.8 Å². The maximum Gasteiger partial charge on any atom is -0.0162 e. The van der Waals surface area contributed by atoms with Crippen LogP contribution in [0.4, 0.5) is 0 Å². The van der Waals surface area contributed by atoms with Crippen molar-refractivity contribution in [3.05, 3.63) is 59.7 Å². The molecule has 0 amide bonds. The van der Waals surface area contributed by atoms with Crippen molar-refractivity contribution >= 4 is 0 Å². The third-order valence-electron chi connectivity index (χ3n) is 7.66. The van der Waals surface area contributed by atoms with Crippen LogP contribution in [0.3, 0.4) is 0 Å². The van der Waals surface area contributed by atoms with Gasteiger partial charge in [0, 0.05) is 0 Å². The first-order chi connectivity index (χ1) is 15.3. The molecule has 1 fully saturated rings. The standard InChI is InChI=1S/C31H46/c1-3-5-6-7-8-9-10-11-12-13-27-16-20-29(21-17-27)31-24-22-30(23-25-31)28-18-14-26(4-2)15-19-28/h16-17,20-26,28H,3-15,18-19H2,1-2H3. The highest BCUT2D eigenvalue weighted by atomic mass is 14.3. The maximum atomic E-state index is 2.39. The van der Waals surface area contributed by atoms with Gasteiger partial charge < -0.3 is 0 Å². The summed E-state index contributed by atoms with van der Waals surface area (Å²) in [4.78, 5) is 0. The summed E-state index contributed by atoms with van der Waals surface area (Å²) in [5.74, 6) is 1.76. The molecule has 0 nitrogen and oxygen atoms in total. The summed E-state index contributed by atoms with van der Waals surface area (Å²) in [6, 6.07) is 18.8. The van der Waals surface area contributed by atoms with Gasteiger partial charge in [0.15, 0.2) is 0 Å². The summed E-state index contributed by atoms with van der Waals surface area (Å²) in [7, 11) is 0.